The normalized spacial score (nSPS) is 11.1. The monoisotopic (exact) mass is 275 g/mol. The predicted octanol–water partition coefficient (Wildman–Crippen LogP) is 3.55. The summed E-state index contributed by atoms with van der Waals surface area (Å²) in [7, 11) is 0. The van der Waals surface area contributed by atoms with Gasteiger partial charge in [-0.05, 0) is 24.1 Å². The SMILES string of the molecule is CC(C)NCCOCCc1ccc(Cl)cc1Cl. The molecule has 1 aromatic carbocycles. The average Bonchev–Trinajstić information content (AvgIpc) is 2.25. The molecule has 4 heteroatoms. The summed E-state index contributed by atoms with van der Waals surface area (Å²) < 4.78 is 5.52. The van der Waals surface area contributed by atoms with Crippen molar-refractivity contribution in [3.8, 4) is 0 Å². The maximum Gasteiger partial charge on any atom is 0.0591 e. The third kappa shape index (κ3) is 6.27. The smallest absolute Gasteiger partial charge is 0.0591 e. The standard InChI is InChI=1S/C13H19Cl2NO/c1-10(2)16-6-8-17-7-5-11-3-4-12(14)9-13(11)15/h3-4,9-10,16H,5-8H2,1-2H3. The Balaban J connectivity index is 2.18. The molecule has 0 aliphatic rings. The number of benzene rings is 1. The van der Waals surface area contributed by atoms with E-state index in [1.807, 2.05) is 12.1 Å². The van der Waals surface area contributed by atoms with Crippen molar-refractivity contribution >= 4 is 23.2 Å². The van der Waals surface area contributed by atoms with Crippen molar-refractivity contribution in [2.24, 2.45) is 0 Å². The molecule has 0 radical (unpaired) electrons. The van der Waals surface area contributed by atoms with E-state index in [1.165, 1.54) is 0 Å². The van der Waals surface area contributed by atoms with Gasteiger partial charge in [-0.15, -0.1) is 0 Å². The Morgan fingerprint density at radius 1 is 1.24 bits per heavy atom. The Kier molecular flexibility index (Phi) is 6.90. The first-order valence-corrected chi connectivity index (χ1v) is 6.60. The van der Waals surface area contributed by atoms with Crippen LogP contribution in [-0.2, 0) is 11.2 Å². The van der Waals surface area contributed by atoms with Gasteiger partial charge in [0.05, 0.1) is 13.2 Å². The van der Waals surface area contributed by atoms with Gasteiger partial charge < -0.3 is 10.1 Å². The van der Waals surface area contributed by atoms with Crippen LogP contribution >= 0.6 is 23.2 Å². The molecule has 0 aliphatic carbocycles. The Labute approximate surface area is 113 Å². The maximum atomic E-state index is 6.06. The molecule has 96 valence electrons. The van der Waals surface area contributed by atoms with E-state index in [2.05, 4.69) is 19.2 Å². The first-order valence-electron chi connectivity index (χ1n) is 5.84. The summed E-state index contributed by atoms with van der Waals surface area (Å²) in [6, 6.07) is 6.06. The van der Waals surface area contributed by atoms with Gasteiger partial charge in [0, 0.05) is 22.6 Å². The molecule has 0 atom stereocenters. The number of hydrogen-bond donors (Lipinski definition) is 1. The zero-order chi connectivity index (χ0) is 12.7. The van der Waals surface area contributed by atoms with Crippen LogP contribution in [0, 0.1) is 0 Å². The van der Waals surface area contributed by atoms with Crippen LogP contribution in [0.4, 0.5) is 0 Å². The molecule has 0 spiro atoms. The highest BCUT2D eigenvalue weighted by Crippen LogP contribution is 2.21. The number of nitrogens with one attached hydrogen (secondary N) is 1. The van der Waals surface area contributed by atoms with Gasteiger partial charge in [-0.3, -0.25) is 0 Å². The van der Waals surface area contributed by atoms with Gasteiger partial charge in [0.2, 0.25) is 0 Å². The third-order valence-corrected chi connectivity index (χ3v) is 2.92. The van der Waals surface area contributed by atoms with Gasteiger partial charge >= 0.3 is 0 Å². The molecule has 0 aromatic heterocycles. The molecule has 1 rings (SSSR count). The summed E-state index contributed by atoms with van der Waals surface area (Å²) in [5.41, 5.74) is 1.08. The molecule has 0 heterocycles. The van der Waals surface area contributed by atoms with Crippen molar-refractivity contribution in [2.45, 2.75) is 26.3 Å². The molecule has 0 amide bonds. The zero-order valence-electron chi connectivity index (χ0n) is 10.3. The van der Waals surface area contributed by atoms with Crippen molar-refractivity contribution < 1.29 is 4.74 Å². The van der Waals surface area contributed by atoms with Crippen molar-refractivity contribution in [2.75, 3.05) is 19.8 Å². The largest absolute Gasteiger partial charge is 0.380 e. The summed E-state index contributed by atoms with van der Waals surface area (Å²) in [5, 5.41) is 4.67. The minimum atomic E-state index is 0.504. The van der Waals surface area contributed by atoms with E-state index in [4.69, 9.17) is 27.9 Å². The highest BCUT2D eigenvalue weighted by atomic mass is 35.5. The molecule has 1 aromatic rings. The van der Waals surface area contributed by atoms with E-state index in [0.717, 1.165) is 25.1 Å². The lowest BCUT2D eigenvalue weighted by Crippen LogP contribution is -2.26. The summed E-state index contributed by atoms with van der Waals surface area (Å²) in [6.07, 6.45) is 0.817. The molecule has 0 unspecified atom stereocenters. The fourth-order valence-electron chi connectivity index (χ4n) is 1.43. The van der Waals surface area contributed by atoms with E-state index < -0.39 is 0 Å². The molecular weight excluding hydrogens is 257 g/mol. The fraction of sp³-hybridized carbons (Fsp3) is 0.538. The number of rotatable bonds is 7. The van der Waals surface area contributed by atoms with Gasteiger partial charge in [-0.2, -0.15) is 0 Å². The van der Waals surface area contributed by atoms with Crippen LogP contribution in [0.25, 0.3) is 0 Å². The summed E-state index contributed by atoms with van der Waals surface area (Å²) >= 11 is 11.9. The van der Waals surface area contributed by atoms with Crippen LogP contribution in [0.3, 0.4) is 0 Å². The lowest BCUT2D eigenvalue weighted by Gasteiger charge is -2.09. The molecule has 0 saturated carbocycles. The van der Waals surface area contributed by atoms with Crippen LogP contribution in [0.15, 0.2) is 18.2 Å². The number of ether oxygens (including phenoxy) is 1. The van der Waals surface area contributed by atoms with Gasteiger partial charge in [0.15, 0.2) is 0 Å². The van der Waals surface area contributed by atoms with Crippen LogP contribution in [0.2, 0.25) is 10.0 Å². The predicted molar refractivity (Wildman–Crippen MR) is 74.1 cm³/mol. The molecular formula is C13H19Cl2NO. The zero-order valence-corrected chi connectivity index (χ0v) is 11.8. The van der Waals surface area contributed by atoms with Crippen LogP contribution in [0.5, 0.6) is 0 Å². The Bertz CT molecular complexity index is 342. The Morgan fingerprint density at radius 3 is 2.65 bits per heavy atom. The molecule has 17 heavy (non-hydrogen) atoms. The second-order valence-corrected chi connectivity index (χ2v) is 5.05. The highest BCUT2D eigenvalue weighted by Gasteiger charge is 2.01. The molecule has 0 fully saturated rings. The van der Waals surface area contributed by atoms with Crippen LogP contribution in [0.1, 0.15) is 19.4 Å². The van der Waals surface area contributed by atoms with Crippen molar-refractivity contribution in [3.05, 3.63) is 33.8 Å². The van der Waals surface area contributed by atoms with Crippen molar-refractivity contribution in [3.63, 3.8) is 0 Å². The van der Waals surface area contributed by atoms with Gasteiger partial charge in [-0.1, -0.05) is 43.1 Å². The maximum absolute atomic E-state index is 6.06. The molecule has 0 saturated heterocycles. The number of halogens is 2. The summed E-state index contributed by atoms with van der Waals surface area (Å²) in [4.78, 5) is 0. The van der Waals surface area contributed by atoms with Crippen molar-refractivity contribution in [1.82, 2.24) is 5.32 Å². The fourth-order valence-corrected chi connectivity index (χ4v) is 1.93. The lowest BCUT2D eigenvalue weighted by atomic mass is 10.2. The van der Waals surface area contributed by atoms with Gasteiger partial charge in [0.25, 0.3) is 0 Å². The highest BCUT2D eigenvalue weighted by molar-refractivity contribution is 6.35. The Morgan fingerprint density at radius 2 is 2.00 bits per heavy atom. The minimum absolute atomic E-state index is 0.504. The molecule has 2 nitrogen and oxygen atoms in total. The Hall–Kier alpha value is -0.280. The van der Waals surface area contributed by atoms with E-state index in [9.17, 15) is 0 Å². The first-order chi connectivity index (χ1) is 8.09. The second kappa shape index (κ2) is 7.93. The van der Waals surface area contributed by atoms with Gasteiger partial charge in [-0.25, -0.2) is 0 Å². The topological polar surface area (TPSA) is 21.3 Å². The molecule has 0 aliphatic heterocycles. The molecule has 1 N–H and O–H groups in total. The third-order valence-electron chi connectivity index (χ3n) is 2.33. The first kappa shape index (κ1) is 14.8. The summed E-state index contributed by atoms with van der Waals surface area (Å²) in [6.45, 7) is 6.53. The number of hydrogen-bond acceptors (Lipinski definition) is 2. The van der Waals surface area contributed by atoms with E-state index in [0.29, 0.717) is 22.7 Å². The minimum Gasteiger partial charge on any atom is -0.380 e. The van der Waals surface area contributed by atoms with Crippen LogP contribution in [-0.4, -0.2) is 25.8 Å². The van der Waals surface area contributed by atoms with Crippen LogP contribution < -0.4 is 5.32 Å². The van der Waals surface area contributed by atoms with E-state index in [1.54, 1.807) is 6.07 Å². The average molecular weight is 276 g/mol. The molecule has 0 bridgehead atoms. The van der Waals surface area contributed by atoms with E-state index in [-0.39, 0.29) is 0 Å². The second-order valence-electron chi connectivity index (χ2n) is 4.21. The lowest BCUT2D eigenvalue weighted by molar-refractivity contribution is 0.137. The van der Waals surface area contributed by atoms with Crippen molar-refractivity contribution in [1.29, 1.82) is 0 Å². The van der Waals surface area contributed by atoms with E-state index >= 15 is 0 Å². The summed E-state index contributed by atoms with van der Waals surface area (Å²) in [5.74, 6) is 0. The quantitative estimate of drug-likeness (QED) is 0.769. The van der Waals surface area contributed by atoms with Gasteiger partial charge in [0.1, 0.15) is 0 Å².